The van der Waals surface area contributed by atoms with E-state index in [1.165, 1.54) is 0 Å². The molecule has 3 heteroatoms. The van der Waals surface area contributed by atoms with Gasteiger partial charge in [-0.3, -0.25) is 0 Å². The molecular formula is C13H15NO2. The van der Waals surface area contributed by atoms with Gasteiger partial charge in [-0.1, -0.05) is 12.1 Å². The standard InChI is InChI=1S/C13H15NO2/c1-3-5-10(2)14-8-11-6-4-7-12-13(11)16-9-15-12/h1,4,6-7,10,14H,5,8-9H2,2H3. The van der Waals surface area contributed by atoms with Crippen LogP contribution in [-0.4, -0.2) is 12.8 Å². The molecule has 0 radical (unpaired) electrons. The van der Waals surface area contributed by atoms with Crippen LogP contribution in [0.15, 0.2) is 18.2 Å². The SMILES string of the molecule is C#CCC(C)NCc1cccc2c1OCO2. The minimum Gasteiger partial charge on any atom is -0.454 e. The Hall–Kier alpha value is -1.66. The molecule has 1 aliphatic heterocycles. The van der Waals surface area contributed by atoms with E-state index in [9.17, 15) is 0 Å². The third-order valence-electron chi connectivity index (χ3n) is 2.54. The molecule has 1 aromatic carbocycles. The fraction of sp³-hybridized carbons (Fsp3) is 0.385. The van der Waals surface area contributed by atoms with Crippen molar-refractivity contribution in [2.75, 3.05) is 6.79 Å². The van der Waals surface area contributed by atoms with E-state index in [2.05, 4.69) is 18.2 Å². The molecule has 1 aromatic rings. The lowest BCUT2D eigenvalue weighted by Gasteiger charge is -2.12. The number of fused-ring (bicyclic) bond motifs is 1. The number of benzene rings is 1. The Balaban J connectivity index is 2.00. The van der Waals surface area contributed by atoms with Gasteiger partial charge in [-0.05, 0) is 13.0 Å². The van der Waals surface area contributed by atoms with Crippen LogP contribution >= 0.6 is 0 Å². The minimum absolute atomic E-state index is 0.308. The van der Waals surface area contributed by atoms with Gasteiger partial charge in [-0.2, -0.15) is 0 Å². The normalized spacial score (nSPS) is 14.5. The highest BCUT2D eigenvalue weighted by molar-refractivity contribution is 5.48. The predicted molar refractivity (Wildman–Crippen MR) is 62.3 cm³/mol. The molecule has 16 heavy (non-hydrogen) atoms. The van der Waals surface area contributed by atoms with Gasteiger partial charge in [0.25, 0.3) is 0 Å². The number of ether oxygens (including phenoxy) is 2. The molecule has 0 fully saturated rings. The van der Waals surface area contributed by atoms with E-state index < -0.39 is 0 Å². The average Bonchev–Trinajstić information content (AvgIpc) is 2.75. The Morgan fingerprint density at radius 3 is 3.19 bits per heavy atom. The second-order valence-corrected chi connectivity index (χ2v) is 3.84. The molecule has 0 spiro atoms. The minimum atomic E-state index is 0.308. The van der Waals surface area contributed by atoms with Crippen LogP contribution in [0.5, 0.6) is 11.5 Å². The lowest BCUT2D eigenvalue weighted by molar-refractivity contribution is 0.173. The maximum Gasteiger partial charge on any atom is 0.231 e. The van der Waals surface area contributed by atoms with E-state index in [-0.39, 0.29) is 0 Å². The summed E-state index contributed by atoms with van der Waals surface area (Å²) in [5, 5.41) is 3.35. The van der Waals surface area contributed by atoms with E-state index in [1.807, 2.05) is 18.2 Å². The lowest BCUT2D eigenvalue weighted by Crippen LogP contribution is -2.24. The summed E-state index contributed by atoms with van der Waals surface area (Å²) in [4.78, 5) is 0. The van der Waals surface area contributed by atoms with Crippen LogP contribution in [-0.2, 0) is 6.54 Å². The molecule has 0 saturated carbocycles. The third-order valence-corrected chi connectivity index (χ3v) is 2.54. The van der Waals surface area contributed by atoms with Gasteiger partial charge in [0.1, 0.15) is 0 Å². The van der Waals surface area contributed by atoms with Crippen molar-refractivity contribution in [2.24, 2.45) is 0 Å². The molecule has 1 unspecified atom stereocenters. The Morgan fingerprint density at radius 2 is 2.38 bits per heavy atom. The number of nitrogens with one attached hydrogen (secondary N) is 1. The largest absolute Gasteiger partial charge is 0.454 e. The maximum atomic E-state index is 5.42. The molecule has 1 aliphatic rings. The summed E-state index contributed by atoms with van der Waals surface area (Å²) in [7, 11) is 0. The van der Waals surface area contributed by atoms with Crippen molar-refractivity contribution in [2.45, 2.75) is 25.9 Å². The van der Waals surface area contributed by atoms with Gasteiger partial charge in [-0.25, -0.2) is 0 Å². The zero-order valence-electron chi connectivity index (χ0n) is 9.32. The summed E-state index contributed by atoms with van der Waals surface area (Å²) in [6.07, 6.45) is 5.98. The van der Waals surface area contributed by atoms with Gasteiger partial charge in [-0.15, -0.1) is 12.3 Å². The predicted octanol–water partition coefficient (Wildman–Crippen LogP) is 1.92. The highest BCUT2D eigenvalue weighted by Crippen LogP contribution is 2.35. The summed E-state index contributed by atoms with van der Waals surface area (Å²) < 4.78 is 10.7. The lowest BCUT2D eigenvalue weighted by atomic mass is 10.1. The fourth-order valence-electron chi connectivity index (χ4n) is 1.66. The maximum absolute atomic E-state index is 5.42. The molecule has 0 bridgehead atoms. The fourth-order valence-corrected chi connectivity index (χ4v) is 1.66. The van der Waals surface area contributed by atoms with Crippen LogP contribution < -0.4 is 14.8 Å². The van der Waals surface area contributed by atoms with Gasteiger partial charge >= 0.3 is 0 Å². The molecule has 1 atom stereocenters. The average molecular weight is 217 g/mol. The summed E-state index contributed by atoms with van der Waals surface area (Å²) in [5.74, 6) is 4.31. The topological polar surface area (TPSA) is 30.5 Å². The van der Waals surface area contributed by atoms with Crippen molar-refractivity contribution < 1.29 is 9.47 Å². The zero-order chi connectivity index (χ0) is 11.4. The molecule has 0 saturated heterocycles. The van der Waals surface area contributed by atoms with Crippen LogP contribution in [0.3, 0.4) is 0 Å². The molecule has 2 rings (SSSR count). The van der Waals surface area contributed by atoms with E-state index in [1.54, 1.807) is 0 Å². The summed E-state index contributed by atoms with van der Waals surface area (Å²) in [6, 6.07) is 6.22. The van der Waals surface area contributed by atoms with E-state index >= 15 is 0 Å². The second-order valence-electron chi connectivity index (χ2n) is 3.84. The van der Waals surface area contributed by atoms with Crippen molar-refractivity contribution in [1.29, 1.82) is 0 Å². The molecule has 1 heterocycles. The monoisotopic (exact) mass is 217 g/mol. The molecule has 3 nitrogen and oxygen atoms in total. The van der Waals surface area contributed by atoms with Gasteiger partial charge in [0.15, 0.2) is 11.5 Å². The summed E-state index contributed by atoms with van der Waals surface area (Å²) >= 11 is 0. The van der Waals surface area contributed by atoms with Gasteiger partial charge in [0.2, 0.25) is 6.79 Å². The van der Waals surface area contributed by atoms with E-state index in [4.69, 9.17) is 15.9 Å². The van der Waals surface area contributed by atoms with E-state index in [0.717, 1.165) is 30.0 Å². The number of rotatable bonds is 4. The first-order valence-electron chi connectivity index (χ1n) is 5.35. The first-order chi connectivity index (χ1) is 7.81. The second kappa shape index (κ2) is 4.91. The van der Waals surface area contributed by atoms with Crippen LogP contribution in [0, 0.1) is 12.3 Å². The molecule has 0 aliphatic carbocycles. The molecule has 0 amide bonds. The summed E-state index contributed by atoms with van der Waals surface area (Å²) in [6.45, 7) is 3.13. The quantitative estimate of drug-likeness (QED) is 0.781. The van der Waals surface area contributed by atoms with Gasteiger partial charge in [0, 0.05) is 24.6 Å². The van der Waals surface area contributed by atoms with Crippen molar-refractivity contribution in [3.63, 3.8) is 0 Å². The first-order valence-corrected chi connectivity index (χ1v) is 5.35. The molecule has 0 aromatic heterocycles. The Morgan fingerprint density at radius 1 is 1.50 bits per heavy atom. The Labute approximate surface area is 95.8 Å². The molecule has 1 N–H and O–H groups in total. The zero-order valence-corrected chi connectivity index (χ0v) is 9.32. The first kappa shape index (κ1) is 10.8. The Bertz CT molecular complexity index is 409. The highest BCUT2D eigenvalue weighted by atomic mass is 16.7. The van der Waals surface area contributed by atoms with Crippen LogP contribution in [0.1, 0.15) is 18.9 Å². The van der Waals surface area contributed by atoms with Crippen molar-refractivity contribution in [1.82, 2.24) is 5.32 Å². The van der Waals surface area contributed by atoms with Crippen molar-refractivity contribution in [3.8, 4) is 23.8 Å². The Kier molecular flexibility index (Phi) is 3.33. The number of hydrogen-bond acceptors (Lipinski definition) is 3. The van der Waals surface area contributed by atoms with Crippen molar-refractivity contribution >= 4 is 0 Å². The summed E-state index contributed by atoms with van der Waals surface area (Å²) in [5.41, 5.74) is 1.11. The number of hydrogen-bond donors (Lipinski definition) is 1. The number of terminal acetylenes is 1. The highest BCUT2D eigenvalue weighted by Gasteiger charge is 2.16. The van der Waals surface area contributed by atoms with Crippen LogP contribution in [0.2, 0.25) is 0 Å². The smallest absolute Gasteiger partial charge is 0.231 e. The van der Waals surface area contributed by atoms with Gasteiger partial charge < -0.3 is 14.8 Å². The molecular weight excluding hydrogens is 202 g/mol. The molecule has 84 valence electrons. The van der Waals surface area contributed by atoms with E-state index in [0.29, 0.717) is 12.8 Å². The number of para-hydroxylation sites is 1. The van der Waals surface area contributed by atoms with Crippen molar-refractivity contribution in [3.05, 3.63) is 23.8 Å². The van der Waals surface area contributed by atoms with Gasteiger partial charge in [0.05, 0.1) is 0 Å². The van der Waals surface area contributed by atoms with Crippen LogP contribution in [0.25, 0.3) is 0 Å². The third kappa shape index (κ3) is 2.29. The van der Waals surface area contributed by atoms with Crippen LogP contribution in [0.4, 0.5) is 0 Å².